The van der Waals surface area contributed by atoms with Crippen molar-refractivity contribution in [1.82, 2.24) is 20.9 Å². The number of rotatable bonds is 7. The van der Waals surface area contributed by atoms with Gasteiger partial charge in [-0.25, -0.2) is 4.79 Å². The summed E-state index contributed by atoms with van der Waals surface area (Å²) in [5, 5.41) is 9.39. The van der Waals surface area contributed by atoms with Gasteiger partial charge < -0.3 is 20.9 Å². The van der Waals surface area contributed by atoms with E-state index in [1.165, 1.54) is 11.6 Å². The summed E-state index contributed by atoms with van der Waals surface area (Å²) in [5.74, 6) is -0.666. The molecule has 7 nitrogen and oxygen atoms in total. The quantitative estimate of drug-likeness (QED) is 0.317. The number of amides is 4. The first-order valence-electron chi connectivity index (χ1n) is 12.8. The van der Waals surface area contributed by atoms with Gasteiger partial charge in [0, 0.05) is 36.8 Å². The van der Waals surface area contributed by atoms with Crippen LogP contribution < -0.4 is 16.0 Å². The Morgan fingerprint density at radius 1 is 0.949 bits per heavy atom. The van der Waals surface area contributed by atoms with E-state index < -0.39 is 5.91 Å². The molecule has 39 heavy (non-hydrogen) atoms. The second-order valence-electron chi connectivity index (χ2n) is 9.63. The van der Waals surface area contributed by atoms with E-state index in [4.69, 9.17) is 34.8 Å². The Morgan fingerprint density at radius 3 is 2.56 bits per heavy atom. The number of carbonyl (C=O) groups excluding carboxylic acids is 3. The average Bonchev–Trinajstić information content (AvgIpc) is 3.31. The molecule has 0 unspecified atom stereocenters. The van der Waals surface area contributed by atoms with E-state index in [0.29, 0.717) is 35.7 Å². The zero-order chi connectivity index (χ0) is 27.5. The maximum absolute atomic E-state index is 13.2. The summed E-state index contributed by atoms with van der Waals surface area (Å²) in [5.41, 5.74) is 4.44. The third kappa shape index (κ3) is 6.01. The molecule has 0 aromatic heterocycles. The predicted molar refractivity (Wildman–Crippen MR) is 153 cm³/mol. The van der Waals surface area contributed by atoms with E-state index in [-0.39, 0.29) is 46.7 Å². The molecule has 0 saturated carbocycles. The Bertz CT molecular complexity index is 1450. The van der Waals surface area contributed by atoms with E-state index in [0.717, 1.165) is 24.0 Å². The maximum atomic E-state index is 13.2. The third-order valence-electron chi connectivity index (χ3n) is 7.09. The van der Waals surface area contributed by atoms with Crippen molar-refractivity contribution in [3.63, 3.8) is 0 Å². The number of carbonyl (C=O) groups is 3. The zero-order valence-electron chi connectivity index (χ0n) is 21.0. The van der Waals surface area contributed by atoms with E-state index in [9.17, 15) is 14.4 Å². The van der Waals surface area contributed by atoms with Gasteiger partial charge in [0.05, 0.1) is 21.7 Å². The number of fused-ring (bicyclic) bond motifs is 2. The molecular weight excluding hydrogens is 559 g/mol. The second kappa shape index (κ2) is 11.9. The molecular formula is C29H27Cl3N4O3. The van der Waals surface area contributed by atoms with Crippen LogP contribution in [-0.2, 0) is 19.4 Å². The molecule has 3 aromatic carbocycles. The summed E-state index contributed by atoms with van der Waals surface area (Å²) in [7, 11) is 0. The lowest BCUT2D eigenvalue weighted by Crippen LogP contribution is -2.41. The van der Waals surface area contributed by atoms with Gasteiger partial charge in [0.2, 0.25) is 0 Å². The maximum Gasteiger partial charge on any atom is 0.315 e. The summed E-state index contributed by atoms with van der Waals surface area (Å²) >= 11 is 19.1. The minimum atomic E-state index is -0.464. The topological polar surface area (TPSA) is 90.5 Å². The number of hydrogen-bond donors (Lipinski definition) is 3. The molecule has 4 amide bonds. The van der Waals surface area contributed by atoms with Gasteiger partial charge in [0.25, 0.3) is 11.8 Å². The van der Waals surface area contributed by atoms with Crippen LogP contribution in [0.25, 0.3) is 0 Å². The van der Waals surface area contributed by atoms with Crippen molar-refractivity contribution in [3.05, 3.63) is 103 Å². The molecule has 1 atom stereocenters. The highest BCUT2D eigenvalue weighted by Crippen LogP contribution is 2.35. The summed E-state index contributed by atoms with van der Waals surface area (Å²) < 4.78 is 0. The largest absolute Gasteiger partial charge is 0.350 e. The number of nitrogens with zero attached hydrogens (tertiary/aromatic N) is 1. The number of hydrogen-bond acceptors (Lipinski definition) is 3. The lowest BCUT2D eigenvalue weighted by molar-refractivity contribution is 0.0726. The monoisotopic (exact) mass is 584 g/mol. The Kier molecular flexibility index (Phi) is 8.31. The summed E-state index contributed by atoms with van der Waals surface area (Å²) in [4.78, 5) is 40.2. The SMILES string of the molecule is O=C(NCCNC(=O)c1c(Cl)cc2c(c1Cl)CCN(Cc1cccc(Cl)c1)C2=O)N[C@@H]1CCc2ccccc21. The highest BCUT2D eigenvalue weighted by molar-refractivity contribution is 6.41. The van der Waals surface area contributed by atoms with Gasteiger partial charge in [-0.05, 0) is 59.7 Å². The fourth-order valence-electron chi connectivity index (χ4n) is 5.19. The van der Waals surface area contributed by atoms with Crippen LogP contribution in [0.15, 0.2) is 54.6 Å². The van der Waals surface area contributed by atoms with Crippen molar-refractivity contribution in [2.75, 3.05) is 19.6 Å². The van der Waals surface area contributed by atoms with Crippen LogP contribution in [0.4, 0.5) is 4.79 Å². The minimum Gasteiger partial charge on any atom is -0.350 e. The lowest BCUT2D eigenvalue weighted by Gasteiger charge is -2.30. The van der Waals surface area contributed by atoms with Crippen LogP contribution >= 0.6 is 34.8 Å². The predicted octanol–water partition coefficient (Wildman–Crippen LogP) is 5.56. The Balaban J connectivity index is 1.16. The van der Waals surface area contributed by atoms with Crippen molar-refractivity contribution in [2.45, 2.75) is 31.8 Å². The van der Waals surface area contributed by atoms with Gasteiger partial charge in [-0.1, -0.05) is 71.2 Å². The van der Waals surface area contributed by atoms with Gasteiger partial charge >= 0.3 is 6.03 Å². The van der Waals surface area contributed by atoms with Crippen LogP contribution in [0.1, 0.15) is 55.4 Å². The number of aryl methyl sites for hydroxylation is 1. The molecule has 0 fully saturated rings. The number of benzene rings is 3. The average molecular weight is 586 g/mol. The first-order valence-corrected chi connectivity index (χ1v) is 13.9. The molecule has 2 aliphatic rings. The zero-order valence-corrected chi connectivity index (χ0v) is 23.3. The molecule has 0 saturated heterocycles. The van der Waals surface area contributed by atoms with E-state index in [2.05, 4.69) is 22.0 Å². The molecule has 1 heterocycles. The molecule has 0 spiro atoms. The first kappa shape index (κ1) is 27.3. The Morgan fingerprint density at radius 2 is 1.74 bits per heavy atom. The van der Waals surface area contributed by atoms with Crippen LogP contribution in [0.5, 0.6) is 0 Å². The molecule has 1 aliphatic carbocycles. The van der Waals surface area contributed by atoms with Crippen LogP contribution in [0.3, 0.4) is 0 Å². The molecule has 5 rings (SSSR count). The van der Waals surface area contributed by atoms with Crippen LogP contribution in [-0.4, -0.2) is 42.4 Å². The fourth-order valence-corrected chi connectivity index (χ4v) is 6.12. The van der Waals surface area contributed by atoms with Crippen molar-refractivity contribution in [1.29, 1.82) is 0 Å². The number of nitrogens with one attached hydrogen (secondary N) is 3. The normalized spacial score (nSPS) is 15.9. The molecule has 1 aliphatic heterocycles. The molecule has 3 aromatic rings. The molecule has 3 N–H and O–H groups in total. The van der Waals surface area contributed by atoms with E-state index in [1.807, 2.05) is 36.4 Å². The van der Waals surface area contributed by atoms with Crippen LogP contribution in [0, 0.1) is 0 Å². The van der Waals surface area contributed by atoms with Crippen LogP contribution in [0.2, 0.25) is 15.1 Å². The van der Waals surface area contributed by atoms with Gasteiger partial charge in [0.1, 0.15) is 0 Å². The molecule has 10 heteroatoms. The number of urea groups is 1. The first-order chi connectivity index (χ1) is 18.8. The standard InChI is InChI=1S/C29H27Cl3N4O3/c30-19-6-3-4-17(14-19)16-36-13-10-21-22(28(36)38)15-23(31)25(26(21)32)27(37)33-11-12-34-29(39)35-24-9-8-18-5-1-2-7-20(18)24/h1-7,14-15,24H,8-13,16H2,(H,33,37)(H2,34,35,39)/t24-/m1/s1. The molecule has 0 radical (unpaired) electrons. The number of halogens is 3. The third-order valence-corrected chi connectivity index (χ3v) is 8.04. The second-order valence-corrected chi connectivity index (χ2v) is 10.8. The van der Waals surface area contributed by atoms with E-state index in [1.54, 1.807) is 11.0 Å². The van der Waals surface area contributed by atoms with Gasteiger partial charge in [-0.15, -0.1) is 0 Å². The van der Waals surface area contributed by atoms with E-state index >= 15 is 0 Å². The molecule has 202 valence electrons. The lowest BCUT2D eigenvalue weighted by atomic mass is 9.95. The minimum absolute atomic E-state index is 0.0203. The summed E-state index contributed by atoms with van der Waals surface area (Å²) in [6.45, 7) is 1.27. The summed E-state index contributed by atoms with van der Waals surface area (Å²) in [6.07, 6.45) is 2.29. The van der Waals surface area contributed by atoms with Gasteiger partial charge in [-0.3, -0.25) is 9.59 Å². The van der Waals surface area contributed by atoms with Crippen molar-refractivity contribution in [2.24, 2.45) is 0 Å². The smallest absolute Gasteiger partial charge is 0.315 e. The Hall–Kier alpha value is -3.26. The molecule has 0 bridgehead atoms. The summed E-state index contributed by atoms with van der Waals surface area (Å²) in [6, 6.07) is 16.6. The highest BCUT2D eigenvalue weighted by Gasteiger charge is 2.30. The van der Waals surface area contributed by atoms with Gasteiger partial charge in [0.15, 0.2) is 0 Å². The fraction of sp³-hybridized carbons (Fsp3) is 0.276. The van der Waals surface area contributed by atoms with Crippen molar-refractivity contribution < 1.29 is 14.4 Å². The Labute approximate surface area is 241 Å². The van der Waals surface area contributed by atoms with Crippen molar-refractivity contribution >= 4 is 52.6 Å². The van der Waals surface area contributed by atoms with Crippen molar-refractivity contribution in [3.8, 4) is 0 Å². The van der Waals surface area contributed by atoms with Gasteiger partial charge in [-0.2, -0.15) is 0 Å². The highest BCUT2D eigenvalue weighted by atomic mass is 35.5.